The van der Waals surface area contributed by atoms with Crippen LogP contribution in [0, 0.1) is 28.4 Å². The van der Waals surface area contributed by atoms with E-state index < -0.39 is 4.92 Å². The molecule has 2 aromatic heterocycles. The van der Waals surface area contributed by atoms with Gasteiger partial charge in [-0.15, -0.1) is 11.3 Å². The highest BCUT2D eigenvalue weighted by Gasteiger charge is 2.15. The first-order valence-corrected chi connectivity index (χ1v) is 6.32. The fourth-order valence-corrected chi connectivity index (χ4v) is 2.38. The molecule has 0 aliphatic heterocycles. The Bertz CT molecular complexity index is 660. The largest absolute Gasteiger partial charge is 0.365 e. The number of nitrogens with zero attached hydrogens (tertiary/aromatic N) is 3. The van der Waals surface area contributed by atoms with Crippen molar-refractivity contribution in [2.75, 3.05) is 5.32 Å². The first-order chi connectivity index (χ1) is 9.11. The van der Waals surface area contributed by atoms with Gasteiger partial charge in [0.2, 0.25) is 5.69 Å². The summed E-state index contributed by atoms with van der Waals surface area (Å²) in [5, 5.41) is 24.6. The molecule has 7 heteroatoms. The van der Waals surface area contributed by atoms with E-state index in [1.807, 2.05) is 18.4 Å². The summed E-state index contributed by atoms with van der Waals surface area (Å²) in [6, 6.07) is 6.54. The van der Waals surface area contributed by atoms with Gasteiger partial charge in [-0.2, -0.15) is 5.26 Å². The number of nitriles is 1. The van der Waals surface area contributed by atoms with Gasteiger partial charge < -0.3 is 5.32 Å². The van der Waals surface area contributed by atoms with Crippen LogP contribution in [0.1, 0.15) is 16.1 Å². The molecule has 96 valence electrons. The minimum Gasteiger partial charge on any atom is -0.365 e. The second kappa shape index (κ2) is 5.46. The highest BCUT2D eigenvalue weighted by molar-refractivity contribution is 7.10. The van der Waals surface area contributed by atoms with Gasteiger partial charge in [-0.1, -0.05) is 0 Å². The maximum Gasteiger partial charge on any atom is 0.305 e. The summed E-state index contributed by atoms with van der Waals surface area (Å²) >= 11 is 1.62. The molecule has 0 atom stereocenters. The van der Waals surface area contributed by atoms with Gasteiger partial charge in [-0.25, -0.2) is 4.98 Å². The molecular formula is C12H10N4O2S. The van der Waals surface area contributed by atoms with E-state index in [0.717, 1.165) is 0 Å². The van der Waals surface area contributed by atoms with Crippen LogP contribution in [0.2, 0.25) is 0 Å². The number of rotatable bonds is 4. The van der Waals surface area contributed by atoms with Crippen LogP contribution in [0.4, 0.5) is 11.5 Å². The van der Waals surface area contributed by atoms with Gasteiger partial charge in [0.05, 0.1) is 11.5 Å². The maximum atomic E-state index is 10.7. The van der Waals surface area contributed by atoms with Crippen molar-refractivity contribution in [2.24, 2.45) is 0 Å². The zero-order valence-electron chi connectivity index (χ0n) is 10.1. The lowest BCUT2D eigenvalue weighted by molar-refractivity contribution is -0.385. The Kier molecular flexibility index (Phi) is 3.73. The second-order valence-corrected chi connectivity index (χ2v) is 4.81. The summed E-state index contributed by atoms with van der Waals surface area (Å²) in [4.78, 5) is 15.2. The van der Waals surface area contributed by atoms with Crippen molar-refractivity contribution in [3.05, 3.63) is 49.8 Å². The number of aromatic nitrogens is 1. The number of hydrogen-bond donors (Lipinski definition) is 1. The predicted octanol–water partition coefficient (Wildman–Crippen LogP) is 2.84. The number of nitrogens with one attached hydrogen (secondary N) is 1. The Morgan fingerprint density at radius 1 is 1.53 bits per heavy atom. The monoisotopic (exact) mass is 274 g/mol. The highest BCUT2D eigenvalue weighted by Crippen LogP contribution is 2.20. The Balaban J connectivity index is 2.16. The van der Waals surface area contributed by atoms with Crippen molar-refractivity contribution in [2.45, 2.75) is 13.5 Å². The summed E-state index contributed by atoms with van der Waals surface area (Å²) in [6.07, 6.45) is 0. The molecule has 0 aliphatic carbocycles. The number of thiophene rings is 1. The van der Waals surface area contributed by atoms with Crippen LogP contribution in [-0.4, -0.2) is 9.91 Å². The number of hydrogen-bond acceptors (Lipinski definition) is 6. The molecule has 0 unspecified atom stereocenters. The Morgan fingerprint density at radius 2 is 2.32 bits per heavy atom. The van der Waals surface area contributed by atoms with Crippen molar-refractivity contribution in [3.8, 4) is 6.07 Å². The molecule has 2 rings (SSSR count). The van der Waals surface area contributed by atoms with E-state index >= 15 is 0 Å². The van der Waals surface area contributed by atoms with Gasteiger partial charge in [0, 0.05) is 10.9 Å². The second-order valence-electron chi connectivity index (χ2n) is 3.81. The van der Waals surface area contributed by atoms with Crippen molar-refractivity contribution < 1.29 is 4.92 Å². The first-order valence-electron chi connectivity index (χ1n) is 5.44. The SMILES string of the molecule is Cc1ccsc1CNc1ccc([N+](=O)[O-])c(C#N)n1. The van der Waals surface area contributed by atoms with E-state index in [9.17, 15) is 10.1 Å². The molecule has 0 amide bonds. The molecule has 0 aromatic carbocycles. The average Bonchev–Trinajstić information content (AvgIpc) is 2.81. The van der Waals surface area contributed by atoms with Crippen LogP contribution in [0.3, 0.4) is 0 Å². The van der Waals surface area contributed by atoms with Crippen LogP contribution >= 0.6 is 11.3 Å². The number of anilines is 1. The molecule has 0 aliphatic rings. The lowest BCUT2D eigenvalue weighted by atomic mass is 10.3. The smallest absolute Gasteiger partial charge is 0.305 e. The van der Waals surface area contributed by atoms with Crippen LogP contribution in [0.15, 0.2) is 23.6 Å². The Labute approximate surface area is 113 Å². The molecule has 0 bridgehead atoms. The molecule has 1 N–H and O–H groups in total. The minimum atomic E-state index is -0.612. The van der Waals surface area contributed by atoms with Gasteiger partial charge in [0.1, 0.15) is 11.9 Å². The molecule has 2 heterocycles. The first kappa shape index (κ1) is 13.0. The third-order valence-electron chi connectivity index (χ3n) is 2.57. The average molecular weight is 274 g/mol. The molecule has 0 saturated carbocycles. The number of pyridine rings is 1. The van der Waals surface area contributed by atoms with Crippen molar-refractivity contribution >= 4 is 22.8 Å². The molecular weight excluding hydrogens is 264 g/mol. The summed E-state index contributed by atoms with van der Waals surface area (Å²) in [5.41, 5.74) is 0.721. The van der Waals surface area contributed by atoms with E-state index in [1.54, 1.807) is 17.4 Å². The van der Waals surface area contributed by atoms with E-state index in [4.69, 9.17) is 5.26 Å². The van der Waals surface area contributed by atoms with Gasteiger partial charge in [-0.3, -0.25) is 10.1 Å². The lowest BCUT2D eigenvalue weighted by Crippen LogP contribution is -2.03. The van der Waals surface area contributed by atoms with Crippen molar-refractivity contribution in [3.63, 3.8) is 0 Å². The molecule has 6 nitrogen and oxygen atoms in total. The van der Waals surface area contributed by atoms with Gasteiger partial charge in [-0.05, 0) is 30.0 Å². The van der Waals surface area contributed by atoms with Crippen molar-refractivity contribution in [1.82, 2.24) is 4.98 Å². The number of aryl methyl sites for hydroxylation is 1. The van der Waals surface area contributed by atoms with E-state index in [-0.39, 0.29) is 11.4 Å². The van der Waals surface area contributed by atoms with E-state index in [1.165, 1.54) is 22.6 Å². The third kappa shape index (κ3) is 2.86. The fraction of sp³-hybridized carbons (Fsp3) is 0.167. The zero-order valence-corrected chi connectivity index (χ0v) is 10.9. The van der Waals surface area contributed by atoms with Crippen LogP contribution in [0.25, 0.3) is 0 Å². The van der Waals surface area contributed by atoms with Crippen LogP contribution < -0.4 is 5.32 Å². The quantitative estimate of drug-likeness (QED) is 0.683. The molecule has 19 heavy (non-hydrogen) atoms. The van der Waals surface area contributed by atoms with Crippen molar-refractivity contribution in [1.29, 1.82) is 5.26 Å². The summed E-state index contributed by atoms with van der Waals surface area (Å²) < 4.78 is 0. The lowest BCUT2D eigenvalue weighted by Gasteiger charge is -2.05. The normalized spacial score (nSPS) is 9.89. The molecule has 0 radical (unpaired) electrons. The summed E-state index contributed by atoms with van der Waals surface area (Å²) in [5.74, 6) is 0.454. The summed E-state index contributed by atoms with van der Waals surface area (Å²) in [7, 11) is 0. The fourth-order valence-electron chi connectivity index (χ4n) is 1.54. The van der Waals surface area contributed by atoms with Crippen LogP contribution in [0.5, 0.6) is 0 Å². The highest BCUT2D eigenvalue weighted by atomic mass is 32.1. The summed E-state index contributed by atoms with van der Waals surface area (Å²) in [6.45, 7) is 2.59. The van der Waals surface area contributed by atoms with Gasteiger partial charge in [0.25, 0.3) is 0 Å². The zero-order chi connectivity index (χ0) is 13.8. The van der Waals surface area contributed by atoms with E-state index in [0.29, 0.717) is 12.4 Å². The molecule has 2 aromatic rings. The molecule has 0 saturated heterocycles. The molecule has 0 spiro atoms. The van der Waals surface area contributed by atoms with Gasteiger partial charge >= 0.3 is 5.69 Å². The minimum absolute atomic E-state index is 0.182. The number of nitro groups is 1. The molecule has 0 fully saturated rings. The predicted molar refractivity (Wildman–Crippen MR) is 72.0 cm³/mol. The Hall–Kier alpha value is -2.46. The third-order valence-corrected chi connectivity index (χ3v) is 3.60. The Morgan fingerprint density at radius 3 is 2.89 bits per heavy atom. The van der Waals surface area contributed by atoms with E-state index in [2.05, 4.69) is 10.3 Å². The van der Waals surface area contributed by atoms with Gasteiger partial charge in [0.15, 0.2) is 0 Å². The standard InChI is InChI=1S/C12H10N4O2S/c1-8-4-5-19-11(8)7-14-12-3-2-10(16(17)18)9(6-13)15-12/h2-5H,7H2,1H3,(H,14,15). The maximum absolute atomic E-state index is 10.7. The van der Waals surface area contributed by atoms with Crippen LogP contribution in [-0.2, 0) is 6.54 Å². The topological polar surface area (TPSA) is 91.9 Å².